The van der Waals surface area contributed by atoms with Crippen LogP contribution in [0, 0.1) is 0 Å². The SMILES string of the molecule is c1ccc(-c2ccc(N(c3cccc(-c4cccc5c6ccccc6c6c(-c7ccccc7)c7ccccc7n6c45)c3)c3ccc4ccccc4c3)cc2)cc1. The van der Waals surface area contributed by atoms with Crippen molar-refractivity contribution in [1.29, 1.82) is 0 Å². The van der Waals surface area contributed by atoms with E-state index in [0.29, 0.717) is 0 Å². The fraction of sp³-hybridized carbons (Fsp3) is 0. The van der Waals surface area contributed by atoms with Crippen molar-refractivity contribution in [1.82, 2.24) is 4.40 Å². The van der Waals surface area contributed by atoms with Crippen molar-refractivity contribution in [3.8, 4) is 33.4 Å². The van der Waals surface area contributed by atoms with E-state index in [1.807, 2.05) is 0 Å². The Morgan fingerprint density at radius 2 is 0.857 bits per heavy atom. The molecule has 9 aromatic carbocycles. The number of fused-ring (bicyclic) bond motifs is 9. The monoisotopic (exact) mass is 712 g/mol. The summed E-state index contributed by atoms with van der Waals surface area (Å²) < 4.78 is 2.53. The molecule has 0 aliphatic rings. The first kappa shape index (κ1) is 32.0. The Morgan fingerprint density at radius 3 is 1.66 bits per heavy atom. The topological polar surface area (TPSA) is 7.65 Å². The zero-order valence-corrected chi connectivity index (χ0v) is 30.7. The molecule has 0 unspecified atom stereocenters. The summed E-state index contributed by atoms with van der Waals surface area (Å²) >= 11 is 0. The summed E-state index contributed by atoms with van der Waals surface area (Å²) in [5.41, 5.74) is 14.2. The number of nitrogens with zero attached hydrogens (tertiary/aromatic N) is 2. The molecule has 0 atom stereocenters. The fourth-order valence-electron chi connectivity index (χ4n) is 8.79. The number of rotatable bonds is 6. The summed E-state index contributed by atoms with van der Waals surface area (Å²) in [5.74, 6) is 0. The minimum Gasteiger partial charge on any atom is -0.310 e. The maximum atomic E-state index is 2.53. The molecule has 0 spiro atoms. The molecule has 0 aliphatic heterocycles. The minimum atomic E-state index is 1.10. The van der Waals surface area contributed by atoms with Gasteiger partial charge in [-0.1, -0.05) is 176 Å². The second-order valence-electron chi connectivity index (χ2n) is 14.5. The summed E-state index contributed by atoms with van der Waals surface area (Å²) in [6.45, 7) is 0. The molecule has 0 radical (unpaired) electrons. The number of pyridine rings is 1. The van der Waals surface area contributed by atoms with Crippen LogP contribution in [0.15, 0.2) is 218 Å². The summed E-state index contributed by atoms with van der Waals surface area (Å²) in [6.07, 6.45) is 0. The van der Waals surface area contributed by atoms with Gasteiger partial charge in [-0.2, -0.15) is 0 Å². The quantitative estimate of drug-likeness (QED) is 0.156. The molecule has 2 heteroatoms. The van der Waals surface area contributed by atoms with Gasteiger partial charge in [0, 0.05) is 44.3 Å². The van der Waals surface area contributed by atoms with Gasteiger partial charge in [0.1, 0.15) is 0 Å². The molecule has 2 aromatic heterocycles. The third kappa shape index (κ3) is 5.19. The summed E-state index contributed by atoms with van der Waals surface area (Å²) in [6, 6.07) is 79.4. The molecular weight excluding hydrogens is 677 g/mol. The van der Waals surface area contributed by atoms with Gasteiger partial charge in [-0.3, -0.25) is 0 Å². The first-order valence-electron chi connectivity index (χ1n) is 19.3. The van der Waals surface area contributed by atoms with Gasteiger partial charge in [-0.05, 0) is 80.9 Å². The molecule has 0 saturated heterocycles. The third-order valence-electron chi connectivity index (χ3n) is 11.3. The highest BCUT2D eigenvalue weighted by Crippen LogP contribution is 2.45. The van der Waals surface area contributed by atoms with Crippen LogP contribution in [0.4, 0.5) is 17.1 Å². The first-order chi connectivity index (χ1) is 27.8. The van der Waals surface area contributed by atoms with Gasteiger partial charge in [0.05, 0.1) is 16.6 Å². The first-order valence-corrected chi connectivity index (χ1v) is 19.3. The van der Waals surface area contributed by atoms with Gasteiger partial charge in [0.2, 0.25) is 0 Å². The van der Waals surface area contributed by atoms with E-state index in [2.05, 4.69) is 228 Å². The Labute approximate surface area is 325 Å². The predicted molar refractivity (Wildman–Crippen MR) is 238 cm³/mol. The molecule has 0 saturated carbocycles. The van der Waals surface area contributed by atoms with E-state index >= 15 is 0 Å². The van der Waals surface area contributed by atoms with Crippen LogP contribution in [-0.2, 0) is 0 Å². The molecule has 0 amide bonds. The number of para-hydroxylation sites is 2. The third-order valence-corrected chi connectivity index (χ3v) is 11.3. The number of hydrogen-bond acceptors (Lipinski definition) is 1. The Hall–Kier alpha value is -7.42. The van der Waals surface area contributed by atoms with Crippen molar-refractivity contribution in [2.24, 2.45) is 0 Å². The lowest BCUT2D eigenvalue weighted by Crippen LogP contribution is -2.10. The van der Waals surface area contributed by atoms with Crippen molar-refractivity contribution in [2.45, 2.75) is 0 Å². The van der Waals surface area contributed by atoms with Crippen LogP contribution in [0.25, 0.3) is 82.2 Å². The maximum Gasteiger partial charge on any atom is 0.0626 e. The molecule has 0 aliphatic carbocycles. The molecule has 11 rings (SSSR count). The lowest BCUT2D eigenvalue weighted by Gasteiger charge is -2.27. The Kier molecular flexibility index (Phi) is 7.53. The van der Waals surface area contributed by atoms with Crippen LogP contribution in [0.5, 0.6) is 0 Å². The average molecular weight is 713 g/mol. The summed E-state index contributed by atoms with van der Waals surface area (Å²) in [7, 11) is 0. The molecule has 262 valence electrons. The number of aromatic nitrogens is 1. The minimum absolute atomic E-state index is 1.10. The van der Waals surface area contributed by atoms with E-state index < -0.39 is 0 Å². The molecule has 0 bridgehead atoms. The lowest BCUT2D eigenvalue weighted by molar-refractivity contribution is 1.29. The number of anilines is 3. The van der Waals surface area contributed by atoms with Crippen molar-refractivity contribution in [2.75, 3.05) is 4.90 Å². The molecule has 0 fully saturated rings. The predicted octanol–water partition coefficient (Wildman–Crippen LogP) is 15.0. The zero-order chi connectivity index (χ0) is 37.0. The highest BCUT2D eigenvalue weighted by Gasteiger charge is 2.22. The second kappa shape index (κ2) is 13.2. The van der Waals surface area contributed by atoms with Gasteiger partial charge in [0.25, 0.3) is 0 Å². The van der Waals surface area contributed by atoms with E-state index in [-0.39, 0.29) is 0 Å². The molecular formula is C54H36N2. The average Bonchev–Trinajstić information content (AvgIpc) is 3.63. The number of benzene rings is 9. The van der Waals surface area contributed by atoms with Gasteiger partial charge < -0.3 is 9.30 Å². The van der Waals surface area contributed by atoms with Crippen LogP contribution < -0.4 is 4.90 Å². The van der Waals surface area contributed by atoms with Gasteiger partial charge >= 0.3 is 0 Å². The van der Waals surface area contributed by atoms with E-state index in [4.69, 9.17) is 0 Å². The van der Waals surface area contributed by atoms with E-state index in [1.165, 1.54) is 76.7 Å². The van der Waals surface area contributed by atoms with E-state index in [9.17, 15) is 0 Å². The van der Waals surface area contributed by atoms with Crippen molar-refractivity contribution >= 4 is 65.9 Å². The van der Waals surface area contributed by atoms with E-state index in [0.717, 1.165) is 22.6 Å². The molecule has 2 heterocycles. The van der Waals surface area contributed by atoms with Crippen LogP contribution in [0.2, 0.25) is 0 Å². The van der Waals surface area contributed by atoms with Crippen LogP contribution >= 0.6 is 0 Å². The molecule has 2 nitrogen and oxygen atoms in total. The second-order valence-corrected chi connectivity index (χ2v) is 14.5. The summed E-state index contributed by atoms with van der Waals surface area (Å²) in [4.78, 5) is 2.39. The number of hydrogen-bond donors (Lipinski definition) is 0. The van der Waals surface area contributed by atoms with Crippen LogP contribution in [-0.4, -0.2) is 4.40 Å². The Morgan fingerprint density at radius 1 is 0.304 bits per heavy atom. The molecule has 0 N–H and O–H groups in total. The van der Waals surface area contributed by atoms with Crippen LogP contribution in [0.1, 0.15) is 0 Å². The molecule has 11 aromatic rings. The smallest absolute Gasteiger partial charge is 0.0626 e. The largest absolute Gasteiger partial charge is 0.310 e. The van der Waals surface area contributed by atoms with Crippen LogP contribution in [0.3, 0.4) is 0 Å². The van der Waals surface area contributed by atoms with E-state index in [1.54, 1.807) is 0 Å². The van der Waals surface area contributed by atoms with Gasteiger partial charge in [-0.15, -0.1) is 0 Å². The summed E-state index contributed by atoms with van der Waals surface area (Å²) in [5, 5.41) is 7.43. The highest BCUT2D eigenvalue weighted by molar-refractivity contribution is 6.23. The van der Waals surface area contributed by atoms with Crippen molar-refractivity contribution in [3.63, 3.8) is 0 Å². The Balaban J connectivity index is 1.17. The van der Waals surface area contributed by atoms with Gasteiger partial charge in [-0.25, -0.2) is 0 Å². The fourth-order valence-corrected chi connectivity index (χ4v) is 8.79. The van der Waals surface area contributed by atoms with Crippen molar-refractivity contribution < 1.29 is 0 Å². The normalized spacial score (nSPS) is 11.6. The zero-order valence-electron chi connectivity index (χ0n) is 30.7. The molecule has 56 heavy (non-hydrogen) atoms. The lowest BCUT2D eigenvalue weighted by atomic mass is 9.95. The maximum absolute atomic E-state index is 2.53. The van der Waals surface area contributed by atoms with Gasteiger partial charge in [0.15, 0.2) is 0 Å². The standard InChI is InChI=1S/C54H36N2/c1-3-15-37(16-4-1)39-29-32-43(33-30-39)55(45-34-31-38-17-7-8-20-41(38)35-45)44-22-13-21-42(36-44)46-26-14-27-48-47-23-9-10-24-49(47)54-52(40-18-5-2-6-19-40)50-25-11-12-28-51(50)56(54)53(46)48/h1-36H. The van der Waals surface area contributed by atoms with Crippen molar-refractivity contribution in [3.05, 3.63) is 218 Å². The highest BCUT2D eigenvalue weighted by atomic mass is 15.1. The Bertz CT molecular complexity index is 3230.